The summed E-state index contributed by atoms with van der Waals surface area (Å²) in [6.45, 7) is 4.00. The molecule has 2 bridgehead atoms. The molecule has 1 aromatic heterocycles. The second kappa shape index (κ2) is 4.19. The first kappa shape index (κ1) is 11.9. The molecule has 5 heteroatoms. The van der Waals surface area contributed by atoms with Crippen molar-refractivity contribution in [3.05, 3.63) is 35.3 Å². The van der Waals surface area contributed by atoms with Crippen molar-refractivity contribution in [1.29, 1.82) is 0 Å². The molecule has 0 aromatic carbocycles. The average Bonchev–Trinajstić information content (AvgIpc) is 2.41. The van der Waals surface area contributed by atoms with Crippen LogP contribution in [-0.2, 0) is 20.2 Å². The van der Waals surface area contributed by atoms with Gasteiger partial charge in [0.25, 0.3) is 0 Å². The van der Waals surface area contributed by atoms with Gasteiger partial charge in [0, 0.05) is 11.5 Å². The molecule has 18 heavy (non-hydrogen) atoms. The number of fused-ring (bicyclic) bond motifs is 3. The van der Waals surface area contributed by atoms with Crippen molar-refractivity contribution in [1.82, 2.24) is 0 Å². The van der Waals surface area contributed by atoms with Crippen molar-refractivity contribution in [2.75, 3.05) is 19.8 Å². The van der Waals surface area contributed by atoms with Crippen LogP contribution in [0.25, 0.3) is 0 Å². The van der Waals surface area contributed by atoms with Gasteiger partial charge in [-0.25, -0.2) is 0 Å². The Labute approximate surface area is 106 Å². The van der Waals surface area contributed by atoms with Gasteiger partial charge >= 0.3 is 5.97 Å². The summed E-state index contributed by atoms with van der Waals surface area (Å²) < 4.78 is 18.0. The molecule has 1 aromatic rings. The molecule has 0 amide bonds. The molecule has 3 fully saturated rings. The van der Waals surface area contributed by atoms with Crippen LogP contribution >= 0.6 is 0 Å². The van der Waals surface area contributed by atoms with Gasteiger partial charge in [-0.1, -0.05) is 13.3 Å². The van der Waals surface area contributed by atoms with Gasteiger partial charge < -0.3 is 19.4 Å². The van der Waals surface area contributed by atoms with Crippen LogP contribution < -0.4 is 4.73 Å². The van der Waals surface area contributed by atoms with Gasteiger partial charge in [-0.2, -0.15) is 4.73 Å². The lowest BCUT2D eigenvalue weighted by molar-refractivity contribution is -0.608. The third-order valence-corrected chi connectivity index (χ3v) is 3.61. The SMILES string of the molecule is CCCC12COC(c3ccc[n+]([O-])c3)(OC1)OC2. The first-order chi connectivity index (χ1) is 8.68. The molecule has 0 spiro atoms. The summed E-state index contributed by atoms with van der Waals surface area (Å²) in [7, 11) is 0. The van der Waals surface area contributed by atoms with Crippen LogP contribution in [0.2, 0.25) is 0 Å². The number of rotatable bonds is 3. The summed E-state index contributed by atoms with van der Waals surface area (Å²) in [5.74, 6) is -1.18. The second-order valence-corrected chi connectivity index (χ2v) is 5.12. The van der Waals surface area contributed by atoms with Crippen molar-refractivity contribution in [3.63, 3.8) is 0 Å². The first-order valence-electron chi connectivity index (χ1n) is 6.29. The predicted octanol–water partition coefficient (Wildman–Crippen LogP) is 1.29. The summed E-state index contributed by atoms with van der Waals surface area (Å²) in [5.41, 5.74) is 0.600. The standard InChI is InChI=1S/C13H17NO4/c1-2-5-12-8-16-13(17-9-12,18-10-12)11-4-3-6-14(15)7-11/h3-4,6-7H,2,5,8-10H2,1H3. The largest absolute Gasteiger partial charge is 0.619 e. The van der Waals surface area contributed by atoms with E-state index in [0.29, 0.717) is 25.4 Å². The number of hydrogen-bond acceptors (Lipinski definition) is 4. The zero-order valence-corrected chi connectivity index (χ0v) is 10.4. The number of hydrogen-bond donors (Lipinski definition) is 0. The Morgan fingerprint density at radius 3 is 2.50 bits per heavy atom. The maximum atomic E-state index is 11.3. The topological polar surface area (TPSA) is 54.6 Å². The van der Waals surface area contributed by atoms with E-state index in [4.69, 9.17) is 14.2 Å². The van der Waals surface area contributed by atoms with Crippen molar-refractivity contribution in [2.24, 2.45) is 5.41 Å². The van der Waals surface area contributed by atoms with E-state index < -0.39 is 5.97 Å². The van der Waals surface area contributed by atoms with E-state index in [-0.39, 0.29) is 5.41 Å². The lowest BCUT2D eigenvalue weighted by Crippen LogP contribution is -2.58. The molecule has 4 heterocycles. The van der Waals surface area contributed by atoms with Gasteiger partial charge in [-0.15, -0.1) is 0 Å². The highest BCUT2D eigenvalue weighted by Gasteiger charge is 2.54. The Balaban J connectivity index is 1.84. The van der Waals surface area contributed by atoms with Crippen LogP contribution in [-0.4, -0.2) is 19.8 Å². The van der Waals surface area contributed by atoms with Crippen molar-refractivity contribution in [3.8, 4) is 0 Å². The Morgan fingerprint density at radius 2 is 1.94 bits per heavy atom. The minimum atomic E-state index is -1.18. The van der Waals surface area contributed by atoms with Gasteiger partial charge in [0.05, 0.1) is 19.8 Å². The number of ether oxygens (including phenoxy) is 3. The molecular weight excluding hydrogens is 234 g/mol. The summed E-state index contributed by atoms with van der Waals surface area (Å²) in [5, 5.41) is 11.3. The zero-order valence-electron chi connectivity index (χ0n) is 10.4. The average molecular weight is 251 g/mol. The highest BCUT2D eigenvalue weighted by molar-refractivity contribution is 5.13. The van der Waals surface area contributed by atoms with E-state index in [1.54, 1.807) is 12.1 Å². The Hall–Kier alpha value is -1.17. The smallest absolute Gasteiger partial charge is 0.318 e. The van der Waals surface area contributed by atoms with Crippen molar-refractivity contribution < 1.29 is 18.9 Å². The van der Waals surface area contributed by atoms with E-state index >= 15 is 0 Å². The number of pyridine rings is 1. The van der Waals surface area contributed by atoms with E-state index in [2.05, 4.69) is 6.92 Å². The van der Waals surface area contributed by atoms with Crippen molar-refractivity contribution in [2.45, 2.75) is 25.7 Å². The van der Waals surface area contributed by atoms with Gasteiger partial charge in [-0.05, 0) is 12.5 Å². The molecule has 4 rings (SSSR count). The molecule has 0 atom stereocenters. The number of nitrogens with zero attached hydrogens (tertiary/aromatic N) is 1. The molecule has 3 aliphatic heterocycles. The van der Waals surface area contributed by atoms with Crippen LogP contribution in [0.5, 0.6) is 0 Å². The van der Waals surface area contributed by atoms with E-state index in [1.807, 2.05) is 0 Å². The highest BCUT2D eigenvalue weighted by Crippen LogP contribution is 2.45. The molecule has 0 aliphatic carbocycles. The predicted molar refractivity (Wildman–Crippen MR) is 62.3 cm³/mol. The minimum Gasteiger partial charge on any atom is -0.619 e. The third-order valence-electron chi connectivity index (χ3n) is 3.61. The number of aromatic nitrogens is 1. The summed E-state index contributed by atoms with van der Waals surface area (Å²) >= 11 is 0. The fourth-order valence-electron chi connectivity index (χ4n) is 2.63. The lowest BCUT2D eigenvalue weighted by atomic mass is 9.84. The van der Waals surface area contributed by atoms with Gasteiger partial charge in [-0.3, -0.25) is 0 Å². The summed E-state index contributed by atoms with van der Waals surface area (Å²) in [4.78, 5) is 0. The van der Waals surface area contributed by atoms with Crippen LogP contribution in [0.15, 0.2) is 24.5 Å². The highest BCUT2D eigenvalue weighted by atomic mass is 16.9. The molecule has 98 valence electrons. The minimum absolute atomic E-state index is 0.0152. The Morgan fingerprint density at radius 1 is 1.28 bits per heavy atom. The van der Waals surface area contributed by atoms with E-state index in [9.17, 15) is 5.21 Å². The van der Waals surface area contributed by atoms with E-state index in [1.165, 1.54) is 12.4 Å². The first-order valence-corrected chi connectivity index (χ1v) is 6.29. The van der Waals surface area contributed by atoms with Crippen molar-refractivity contribution >= 4 is 0 Å². The molecule has 0 saturated carbocycles. The monoisotopic (exact) mass is 251 g/mol. The van der Waals surface area contributed by atoms with Gasteiger partial charge in [0.15, 0.2) is 12.4 Å². The molecule has 0 N–H and O–H groups in total. The summed E-state index contributed by atoms with van der Waals surface area (Å²) in [6.07, 6.45) is 4.96. The molecule has 0 unspecified atom stereocenters. The van der Waals surface area contributed by atoms with E-state index in [0.717, 1.165) is 17.6 Å². The Bertz CT molecular complexity index is 424. The lowest BCUT2D eigenvalue weighted by Gasteiger charge is -2.51. The molecule has 3 aliphatic rings. The normalized spacial score (nSPS) is 34.7. The third kappa shape index (κ3) is 1.79. The maximum Gasteiger partial charge on any atom is 0.318 e. The maximum absolute atomic E-state index is 11.3. The molecular formula is C13H17NO4. The van der Waals surface area contributed by atoms with Crippen LogP contribution in [0.4, 0.5) is 0 Å². The summed E-state index contributed by atoms with van der Waals surface area (Å²) in [6, 6.07) is 3.45. The molecule has 0 radical (unpaired) electrons. The zero-order chi connectivity index (χ0) is 12.6. The van der Waals surface area contributed by atoms with Crippen LogP contribution in [0.3, 0.4) is 0 Å². The van der Waals surface area contributed by atoms with Crippen LogP contribution in [0, 0.1) is 10.6 Å². The molecule has 3 saturated heterocycles. The Kier molecular flexibility index (Phi) is 2.77. The quantitative estimate of drug-likeness (QED) is 0.600. The van der Waals surface area contributed by atoms with Gasteiger partial charge in [0.2, 0.25) is 0 Å². The second-order valence-electron chi connectivity index (χ2n) is 5.12. The van der Waals surface area contributed by atoms with Gasteiger partial charge in [0.1, 0.15) is 5.56 Å². The fraction of sp³-hybridized carbons (Fsp3) is 0.615. The fourth-order valence-corrected chi connectivity index (χ4v) is 2.63. The van der Waals surface area contributed by atoms with Crippen LogP contribution in [0.1, 0.15) is 25.3 Å². The molecule has 5 nitrogen and oxygen atoms in total.